The molecule has 0 aliphatic heterocycles. The lowest BCUT2D eigenvalue weighted by Gasteiger charge is -1.95. The number of hydrogen-bond acceptors (Lipinski definition) is 1. The third kappa shape index (κ3) is 1.69. The first kappa shape index (κ1) is 7.00. The summed E-state index contributed by atoms with van der Waals surface area (Å²) in [6.45, 7) is 5.71. The summed E-state index contributed by atoms with van der Waals surface area (Å²) in [5.41, 5.74) is 2.35. The molecule has 52 valence electrons. The summed E-state index contributed by atoms with van der Waals surface area (Å²) >= 11 is 0. The van der Waals surface area contributed by atoms with Crippen molar-refractivity contribution >= 4 is 0 Å². The molecule has 0 radical (unpaired) electrons. The lowest BCUT2D eigenvalue weighted by molar-refractivity contribution is 1.10. The second-order valence-electron chi connectivity index (χ2n) is 2.32. The second kappa shape index (κ2) is 3.16. The van der Waals surface area contributed by atoms with Crippen molar-refractivity contribution in [3.05, 3.63) is 42.2 Å². The summed E-state index contributed by atoms with van der Waals surface area (Å²) in [4.78, 5) is 4.16. The van der Waals surface area contributed by atoms with Gasteiger partial charge in [-0.25, -0.2) is 0 Å². The second-order valence-corrected chi connectivity index (χ2v) is 2.32. The smallest absolute Gasteiger partial charge is 0.0443 e. The van der Waals surface area contributed by atoms with Crippen molar-refractivity contribution in [1.82, 2.24) is 4.98 Å². The summed E-state index contributed by atoms with van der Waals surface area (Å²) in [5, 5.41) is 0. The third-order valence-corrected chi connectivity index (χ3v) is 1.33. The van der Waals surface area contributed by atoms with Crippen LogP contribution in [-0.2, 0) is 6.42 Å². The first-order valence-electron chi connectivity index (χ1n) is 3.35. The normalized spacial score (nSPS) is 9.30. The standard InChI is InChI=1S/C9H11N/c1-3-4-9-7-8(2)5-6-10-9/h3,5-7H,1,4H2,2H3. The number of allylic oxidation sites excluding steroid dienone is 1. The molecule has 1 aromatic rings. The van der Waals surface area contributed by atoms with Gasteiger partial charge in [0.15, 0.2) is 0 Å². The average molecular weight is 133 g/mol. The van der Waals surface area contributed by atoms with Crippen LogP contribution in [0.2, 0.25) is 0 Å². The Labute approximate surface area is 61.4 Å². The van der Waals surface area contributed by atoms with E-state index in [0.29, 0.717) is 0 Å². The maximum absolute atomic E-state index is 4.16. The lowest BCUT2D eigenvalue weighted by atomic mass is 10.2. The Balaban J connectivity index is 2.84. The Morgan fingerprint density at radius 1 is 1.70 bits per heavy atom. The topological polar surface area (TPSA) is 12.9 Å². The number of hydrogen-bond donors (Lipinski definition) is 0. The van der Waals surface area contributed by atoms with E-state index in [2.05, 4.69) is 24.6 Å². The van der Waals surface area contributed by atoms with E-state index in [1.165, 1.54) is 5.56 Å². The number of aromatic nitrogens is 1. The molecule has 1 aromatic heterocycles. The molecule has 10 heavy (non-hydrogen) atoms. The van der Waals surface area contributed by atoms with Crippen molar-refractivity contribution < 1.29 is 0 Å². The first-order chi connectivity index (χ1) is 4.83. The molecular formula is C9H11N. The van der Waals surface area contributed by atoms with Crippen molar-refractivity contribution in [2.75, 3.05) is 0 Å². The highest BCUT2D eigenvalue weighted by atomic mass is 14.7. The summed E-state index contributed by atoms with van der Waals surface area (Å²) < 4.78 is 0. The zero-order chi connectivity index (χ0) is 7.40. The van der Waals surface area contributed by atoms with Crippen molar-refractivity contribution in [3.63, 3.8) is 0 Å². The van der Waals surface area contributed by atoms with Crippen LogP contribution in [0.25, 0.3) is 0 Å². The minimum Gasteiger partial charge on any atom is -0.261 e. The van der Waals surface area contributed by atoms with Crippen molar-refractivity contribution in [2.24, 2.45) is 0 Å². The predicted octanol–water partition coefficient (Wildman–Crippen LogP) is 2.12. The molecule has 0 fully saturated rings. The number of nitrogens with zero attached hydrogens (tertiary/aromatic N) is 1. The zero-order valence-corrected chi connectivity index (χ0v) is 6.17. The fourth-order valence-corrected chi connectivity index (χ4v) is 0.858. The van der Waals surface area contributed by atoms with Crippen LogP contribution in [0.1, 0.15) is 11.3 Å². The van der Waals surface area contributed by atoms with E-state index in [9.17, 15) is 0 Å². The van der Waals surface area contributed by atoms with Crippen molar-refractivity contribution in [3.8, 4) is 0 Å². The van der Waals surface area contributed by atoms with Gasteiger partial charge in [-0.05, 0) is 24.6 Å². The van der Waals surface area contributed by atoms with Gasteiger partial charge in [-0.15, -0.1) is 6.58 Å². The minimum absolute atomic E-state index is 0.863. The molecule has 0 unspecified atom stereocenters. The zero-order valence-electron chi connectivity index (χ0n) is 6.17. The molecule has 0 aliphatic carbocycles. The van der Waals surface area contributed by atoms with Gasteiger partial charge in [0.25, 0.3) is 0 Å². The van der Waals surface area contributed by atoms with E-state index in [-0.39, 0.29) is 0 Å². The number of pyridine rings is 1. The molecule has 0 aromatic carbocycles. The fraction of sp³-hybridized carbons (Fsp3) is 0.222. The Hall–Kier alpha value is -1.11. The Bertz CT molecular complexity index is 228. The van der Waals surface area contributed by atoms with Crippen LogP contribution in [0.5, 0.6) is 0 Å². The summed E-state index contributed by atoms with van der Waals surface area (Å²) in [6, 6.07) is 4.06. The Morgan fingerprint density at radius 3 is 3.10 bits per heavy atom. The maximum atomic E-state index is 4.16. The summed E-state index contributed by atoms with van der Waals surface area (Å²) in [5.74, 6) is 0. The molecule has 1 rings (SSSR count). The van der Waals surface area contributed by atoms with Crippen LogP contribution >= 0.6 is 0 Å². The van der Waals surface area contributed by atoms with Gasteiger partial charge in [-0.1, -0.05) is 6.08 Å². The Morgan fingerprint density at radius 2 is 2.50 bits per heavy atom. The largest absolute Gasteiger partial charge is 0.261 e. The van der Waals surface area contributed by atoms with Gasteiger partial charge in [0.2, 0.25) is 0 Å². The molecule has 0 amide bonds. The molecule has 0 saturated carbocycles. The van der Waals surface area contributed by atoms with Gasteiger partial charge in [-0.2, -0.15) is 0 Å². The van der Waals surface area contributed by atoms with Crippen LogP contribution in [-0.4, -0.2) is 4.98 Å². The maximum Gasteiger partial charge on any atom is 0.0443 e. The van der Waals surface area contributed by atoms with Crippen LogP contribution in [0.4, 0.5) is 0 Å². The van der Waals surface area contributed by atoms with Gasteiger partial charge >= 0.3 is 0 Å². The molecule has 0 N–H and O–H groups in total. The number of aryl methyl sites for hydroxylation is 1. The Kier molecular flexibility index (Phi) is 2.21. The highest BCUT2D eigenvalue weighted by molar-refractivity contribution is 5.15. The van der Waals surface area contributed by atoms with E-state index in [0.717, 1.165) is 12.1 Å². The molecule has 0 saturated heterocycles. The molecule has 1 nitrogen and oxygen atoms in total. The number of rotatable bonds is 2. The molecule has 1 heteroatoms. The predicted molar refractivity (Wildman–Crippen MR) is 42.9 cm³/mol. The molecule has 1 heterocycles. The van der Waals surface area contributed by atoms with Crippen LogP contribution in [0.3, 0.4) is 0 Å². The molecule has 0 aliphatic rings. The summed E-state index contributed by atoms with van der Waals surface area (Å²) in [6.07, 6.45) is 4.55. The van der Waals surface area contributed by atoms with Crippen LogP contribution in [0.15, 0.2) is 31.0 Å². The van der Waals surface area contributed by atoms with Crippen LogP contribution in [0, 0.1) is 6.92 Å². The van der Waals surface area contributed by atoms with Gasteiger partial charge in [0.05, 0.1) is 0 Å². The minimum atomic E-state index is 0.863. The average Bonchev–Trinajstić information content (AvgIpc) is 1.88. The highest BCUT2D eigenvalue weighted by Gasteiger charge is 1.88. The molecule has 0 atom stereocenters. The molecule has 0 bridgehead atoms. The van der Waals surface area contributed by atoms with E-state index >= 15 is 0 Å². The highest BCUT2D eigenvalue weighted by Crippen LogP contribution is 2.00. The van der Waals surface area contributed by atoms with E-state index in [1.807, 2.05) is 18.3 Å². The monoisotopic (exact) mass is 133 g/mol. The fourth-order valence-electron chi connectivity index (χ4n) is 0.858. The SMILES string of the molecule is C=CCc1cc(C)ccn1. The van der Waals surface area contributed by atoms with Gasteiger partial charge < -0.3 is 0 Å². The van der Waals surface area contributed by atoms with Gasteiger partial charge in [0.1, 0.15) is 0 Å². The lowest BCUT2D eigenvalue weighted by Crippen LogP contribution is -1.86. The van der Waals surface area contributed by atoms with Gasteiger partial charge in [-0.3, -0.25) is 4.98 Å². The van der Waals surface area contributed by atoms with E-state index in [1.54, 1.807) is 0 Å². The molecule has 0 spiro atoms. The van der Waals surface area contributed by atoms with Crippen molar-refractivity contribution in [1.29, 1.82) is 0 Å². The quantitative estimate of drug-likeness (QED) is 0.563. The first-order valence-corrected chi connectivity index (χ1v) is 3.35. The van der Waals surface area contributed by atoms with E-state index in [4.69, 9.17) is 0 Å². The van der Waals surface area contributed by atoms with Crippen LogP contribution < -0.4 is 0 Å². The van der Waals surface area contributed by atoms with E-state index < -0.39 is 0 Å². The summed E-state index contributed by atoms with van der Waals surface area (Å²) in [7, 11) is 0. The third-order valence-electron chi connectivity index (χ3n) is 1.33. The van der Waals surface area contributed by atoms with Crippen molar-refractivity contribution in [2.45, 2.75) is 13.3 Å². The van der Waals surface area contributed by atoms with Gasteiger partial charge in [0, 0.05) is 18.3 Å². The molecular weight excluding hydrogens is 122 g/mol.